The Balaban J connectivity index is 1.87. The summed E-state index contributed by atoms with van der Waals surface area (Å²) in [5.74, 6) is -0.814. The lowest BCUT2D eigenvalue weighted by Crippen LogP contribution is -2.34. The Bertz CT molecular complexity index is 686. The quantitative estimate of drug-likeness (QED) is 0.840. The number of carboxylic acids is 1. The number of aromatic amines is 1. The van der Waals surface area contributed by atoms with Crippen LogP contribution in [0.15, 0.2) is 18.7 Å². The van der Waals surface area contributed by atoms with E-state index in [-0.39, 0.29) is 23.3 Å². The summed E-state index contributed by atoms with van der Waals surface area (Å²) in [7, 11) is 1.86. The molecule has 2 heterocycles. The SMILES string of the molecule is Cn1ccnc1CN(C(=O)c1nc[nH]c1C(=O)O)C1CC1. The zero-order valence-corrected chi connectivity index (χ0v) is 11.5. The maximum atomic E-state index is 12.6. The lowest BCUT2D eigenvalue weighted by Gasteiger charge is -2.21. The van der Waals surface area contributed by atoms with Crippen LogP contribution in [-0.2, 0) is 13.6 Å². The zero-order chi connectivity index (χ0) is 15.0. The molecule has 0 atom stereocenters. The molecule has 2 N–H and O–H groups in total. The maximum Gasteiger partial charge on any atom is 0.354 e. The molecule has 0 saturated heterocycles. The number of nitrogens with one attached hydrogen (secondary N) is 1. The van der Waals surface area contributed by atoms with E-state index in [1.165, 1.54) is 6.33 Å². The van der Waals surface area contributed by atoms with Crippen molar-refractivity contribution >= 4 is 11.9 Å². The van der Waals surface area contributed by atoms with Crippen LogP contribution in [0.5, 0.6) is 0 Å². The van der Waals surface area contributed by atoms with E-state index in [1.54, 1.807) is 11.1 Å². The van der Waals surface area contributed by atoms with Crippen molar-refractivity contribution in [3.8, 4) is 0 Å². The van der Waals surface area contributed by atoms with Crippen molar-refractivity contribution in [3.63, 3.8) is 0 Å². The van der Waals surface area contributed by atoms with E-state index in [1.807, 2.05) is 17.8 Å². The molecule has 1 saturated carbocycles. The molecular formula is C13H15N5O3. The zero-order valence-electron chi connectivity index (χ0n) is 11.5. The van der Waals surface area contributed by atoms with Crippen LogP contribution >= 0.6 is 0 Å². The molecule has 0 aromatic carbocycles. The molecule has 0 unspecified atom stereocenters. The summed E-state index contributed by atoms with van der Waals surface area (Å²) in [6, 6.07) is 0.132. The fraction of sp³-hybridized carbons (Fsp3) is 0.385. The van der Waals surface area contributed by atoms with Crippen molar-refractivity contribution < 1.29 is 14.7 Å². The molecule has 1 aliphatic rings. The minimum Gasteiger partial charge on any atom is -0.477 e. The average molecular weight is 289 g/mol. The fourth-order valence-electron chi connectivity index (χ4n) is 2.21. The van der Waals surface area contributed by atoms with Crippen molar-refractivity contribution in [2.75, 3.05) is 0 Å². The molecule has 2 aromatic rings. The highest BCUT2D eigenvalue weighted by Crippen LogP contribution is 2.29. The Morgan fingerprint density at radius 2 is 2.24 bits per heavy atom. The average Bonchev–Trinajstić information content (AvgIpc) is 3.01. The Hall–Kier alpha value is -2.64. The van der Waals surface area contributed by atoms with E-state index < -0.39 is 5.97 Å². The Morgan fingerprint density at radius 1 is 1.48 bits per heavy atom. The fourth-order valence-corrected chi connectivity index (χ4v) is 2.21. The van der Waals surface area contributed by atoms with Gasteiger partial charge >= 0.3 is 5.97 Å². The normalized spacial score (nSPS) is 14.1. The standard InChI is InChI=1S/C13H15N5O3/c1-17-5-4-14-9(17)6-18(8-2-3-8)12(19)10-11(13(20)21)16-7-15-10/h4-5,7-8H,2-3,6H2,1H3,(H,15,16)(H,20,21). The highest BCUT2D eigenvalue weighted by Gasteiger charge is 2.36. The van der Waals surface area contributed by atoms with Gasteiger partial charge in [0.1, 0.15) is 5.82 Å². The number of hydrogen-bond acceptors (Lipinski definition) is 4. The molecule has 3 rings (SSSR count). The monoisotopic (exact) mass is 289 g/mol. The van der Waals surface area contributed by atoms with Gasteiger partial charge in [0.15, 0.2) is 11.4 Å². The van der Waals surface area contributed by atoms with Gasteiger partial charge in [0, 0.05) is 25.5 Å². The van der Waals surface area contributed by atoms with Gasteiger partial charge in [-0.05, 0) is 12.8 Å². The molecule has 1 aliphatic carbocycles. The second-order valence-corrected chi connectivity index (χ2v) is 5.05. The smallest absolute Gasteiger partial charge is 0.354 e. The second-order valence-electron chi connectivity index (χ2n) is 5.05. The Morgan fingerprint density at radius 3 is 2.81 bits per heavy atom. The van der Waals surface area contributed by atoms with Crippen molar-refractivity contribution in [1.82, 2.24) is 24.4 Å². The molecule has 110 valence electrons. The number of aromatic nitrogens is 4. The highest BCUT2D eigenvalue weighted by molar-refractivity contribution is 6.02. The lowest BCUT2D eigenvalue weighted by molar-refractivity contribution is 0.0659. The molecule has 0 radical (unpaired) electrons. The largest absolute Gasteiger partial charge is 0.477 e. The van der Waals surface area contributed by atoms with Crippen molar-refractivity contribution in [3.05, 3.63) is 35.9 Å². The van der Waals surface area contributed by atoms with E-state index in [2.05, 4.69) is 15.0 Å². The van der Waals surface area contributed by atoms with Gasteiger partial charge in [-0.1, -0.05) is 0 Å². The van der Waals surface area contributed by atoms with Crippen LogP contribution in [0.25, 0.3) is 0 Å². The third-order valence-electron chi connectivity index (χ3n) is 3.54. The first-order chi connectivity index (χ1) is 10.1. The third kappa shape index (κ3) is 2.51. The van der Waals surface area contributed by atoms with Gasteiger partial charge in [-0.3, -0.25) is 4.79 Å². The summed E-state index contributed by atoms with van der Waals surface area (Å²) in [6.07, 6.45) is 6.54. The van der Waals surface area contributed by atoms with Crippen molar-refractivity contribution in [2.24, 2.45) is 7.05 Å². The highest BCUT2D eigenvalue weighted by atomic mass is 16.4. The summed E-state index contributed by atoms with van der Waals surface area (Å²) in [4.78, 5) is 35.9. The first-order valence-corrected chi connectivity index (χ1v) is 6.61. The van der Waals surface area contributed by atoms with Gasteiger partial charge in [-0.25, -0.2) is 14.8 Å². The van der Waals surface area contributed by atoms with Crippen LogP contribution in [0, 0.1) is 0 Å². The van der Waals surface area contributed by atoms with Crippen molar-refractivity contribution in [1.29, 1.82) is 0 Å². The molecule has 8 nitrogen and oxygen atoms in total. The predicted molar refractivity (Wildman–Crippen MR) is 71.7 cm³/mol. The predicted octanol–water partition coefficient (Wildman–Crippen LogP) is 0.646. The molecule has 0 bridgehead atoms. The minimum absolute atomic E-state index is 0.0522. The van der Waals surface area contributed by atoms with Gasteiger partial charge in [-0.2, -0.15) is 0 Å². The van der Waals surface area contributed by atoms with Crippen LogP contribution in [0.4, 0.5) is 0 Å². The van der Waals surface area contributed by atoms with Gasteiger partial charge in [0.05, 0.1) is 12.9 Å². The molecule has 21 heavy (non-hydrogen) atoms. The number of hydrogen-bond donors (Lipinski definition) is 2. The Labute approximate surface area is 120 Å². The van der Waals surface area contributed by atoms with Crippen LogP contribution in [-0.4, -0.2) is 47.4 Å². The third-order valence-corrected chi connectivity index (χ3v) is 3.54. The molecular weight excluding hydrogens is 274 g/mol. The van der Waals surface area contributed by atoms with Gasteiger partial charge in [0.25, 0.3) is 5.91 Å². The minimum atomic E-state index is -1.19. The molecule has 2 aromatic heterocycles. The van der Waals surface area contributed by atoms with E-state index in [0.29, 0.717) is 6.54 Å². The topological polar surface area (TPSA) is 104 Å². The molecule has 0 spiro atoms. The van der Waals surface area contributed by atoms with Crippen LogP contribution in [0.2, 0.25) is 0 Å². The second kappa shape index (κ2) is 5.04. The van der Waals surface area contributed by atoms with Crippen molar-refractivity contribution in [2.45, 2.75) is 25.4 Å². The summed E-state index contributed by atoms with van der Waals surface area (Å²) in [5.41, 5.74) is -0.228. The number of carboxylic acid groups (broad SMARTS) is 1. The first-order valence-electron chi connectivity index (χ1n) is 6.61. The number of rotatable bonds is 5. The summed E-state index contributed by atoms with van der Waals surface area (Å²) in [5, 5.41) is 9.08. The number of carbonyl (C=O) groups excluding carboxylic acids is 1. The number of aryl methyl sites for hydroxylation is 1. The summed E-state index contributed by atoms with van der Waals surface area (Å²) in [6.45, 7) is 0.346. The number of amides is 1. The molecule has 0 aliphatic heterocycles. The van der Waals surface area contributed by atoms with E-state index in [0.717, 1.165) is 18.7 Å². The van der Waals surface area contributed by atoms with Crippen LogP contribution in [0.3, 0.4) is 0 Å². The van der Waals surface area contributed by atoms with E-state index in [9.17, 15) is 9.59 Å². The molecule has 8 heteroatoms. The number of nitrogens with zero attached hydrogens (tertiary/aromatic N) is 4. The molecule has 1 amide bonds. The lowest BCUT2D eigenvalue weighted by atomic mass is 10.2. The van der Waals surface area contributed by atoms with E-state index >= 15 is 0 Å². The summed E-state index contributed by atoms with van der Waals surface area (Å²) < 4.78 is 1.84. The maximum absolute atomic E-state index is 12.6. The first kappa shape index (κ1) is 13.3. The van der Waals surface area contributed by atoms with Gasteiger partial charge < -0.3 is 19.6 Å². The number of H-pyrrole nitrogens is 1. The van der Waals surface area contributed by atoms with Crippen LogP contribution in [0.1, 0.15) is 39.6 Å². The molecule has 1 fully saturated rings. The number of carbonyl (C=O) groups is 2. The number of imidazole rings is 2. The van der Waals surface area contributed by atoms with Gasteiger partial charge in [-0.15, -0.1) is 0 Å². The van der Waals surface area contributed by atoms with E-state index in [4.69, 9.17) is 5.11 Å². The Kier molecular flexibility index (Phi) is 3.20. The number of aromatic carboxylic acids is 1. The summed E-state index contributed by atoms with van der Waals surface area (Å²) >= 11 is 0. The van der Waals surface area contributed by atoms with Gasteiger partial charge in [0.2, 0.25) is 0 Å². The van der Waals surface area contributed by atoms with Crippen LogP contribution < -0.4 is 0 Å².